The summed E-state index contributed by atoms with van der Waals surface area (Å²) in [5.74, 6) is 1.87. The first-order valence-corrected chi connectivity index (χ1v) is 7.84. The van der Waals surface area contributed by atoms with E-state index in [-0.39, 0.29) is 0 Å². The van der Waals surface area contributed by atoms with E-state index in [1.807, 2.05) is 18.8 Å². The number of rotatable bonds is 5. The number of hydrogen-bond acceptors (Lipinski definition) is 4. The van der Waals surface area contributed by atoms with Crippen LogP contribution in [-0.2, 0) is 12.1 Å². The summed E-state index contributed by atoms with van der Waals surface area (Å²) in [6, 6.07) is 0. The van der Waals surface area contributed by atoms with Crippen molar-refractivity contribution in [2.75, 3.05) is 27.7 Å². The molecule has 0 amide bonds. The van der Waals surface area contributed by atoms with Crippen molar-refractivity contribution >= 4 is 0 Å². The van der Waals surface area contributed by atoms with Crippen molar-refractivity contribution < 1.29 is 9.84 Å². The van der Waals surface area contributed by atoms with E-state index in [1.165, 1.54) is 0 Å². The normalized spacial score (nSPS) is 29.9. The highest BCUT2D eigenvalue weighted by molar-refractivity contribution is 5.31. The van der Waals surface area contributed by atoms with Gasteiger partial charge in [-0.2, -0.15) is 5.10 Å². The van der Waals surface area contributed by atoms with Gasteiger partial charge < -0.3 is 14.7 Å². The van der Waals surface area contributed by atoms with E-state index in [2.05, 4.69) is 23.8 Å². The quantitative estimate of drug-likeness (QED) is 0.904. The Morgan fingerprint density at radius 2 is 2.14 bits per heavy atom. The zero-order valence-electron chi connectivity index (χ0n) is 14.0. The molecule has 0 saturated heterocycles. The topological polar surface area (TPSA) is 50.5 Å². The summed E-state index contributed by atoms with van der Waals surface area (Å²) < 4.78 is 7.37. The third-order valence-electron chi connectivity index (χ3n) is 4.87. The Balaban J connectivity index is 2.29. The van der Waals surface area contributed by atoms with Gasteiger partial charge in [-0.05, 0) is 45.2 Å². The fraction of sp³-hybridized carbons (Fsp3) is 0.812. The summed E-state index contributed by atoms with van der Waals surface area (Å²) in [5, 5.41) is 15.7. The minimum Gasteiger partial charge on any atom is -0.493 e. The molecule has 1 heterocycles. The summed E-state index contributed by atoms with van der Waals surface area (Å²) in [4.78, 5) is 2.12. The molecule has 1 fully saturated rings. The van der Waals surface area contributed by atoms with Crippen LogP contribution in [0.4, 0.5) is 0 Å². The summed E-state index contributed by atoms with van der Waals surface area (Å²) in [6.45, 7) is 6.14. The second-order valence-electron chi connectivity index (χ2n) is 6.82. The van der Waals surface area contributed by atoms with Gasteiger partial charge >= 0.3 is 0 Å². The summed E-state index contributed by atoms with van der Waals surface area (Å²) >= 11 is 0. The molecule has 0 bridgehead atoms. The van der Waals surface area contributed by atoms with Crippen LogP contribution in [0.15, 0.2) is 6.20 Å². The Morgan fingerprint density at radius 1 is 1.43 bits per heavy atom. The highest BCUT2D eigenvalue weighted by Crippen LogP contribution is 2.45. The lowest BCUT2D eigenvalue weighted by Gasteiger charge is -2.39. The molecule has 0 aromatic carbocycles. The second-order valence-corrected chi connectivity index (χ2v) is 6.82. The number of aromatic nitrogens is 2. The van der Waals surface area contributed by atoms with Gasteiger partial charge in [-0.15, -0.1) is 0 Å². The van der Waals surface area contributed by atoms with Crippen LogP contribution in [0.25, 0.3) is 0 Å². The summed E-state index contributed by atoms with van der Waals surface area (Å²) in [5.41, 5.74) is 0.0330. The standard InChI is InChI=1S/C16H29N3O2/c1-12-6-7-16(20,10-13(12)2)15-14(21-5)11-17-19(15)9-8-18(3)4/h11-13,20H,6-10H2,1-5H3. The van der Waals surface area contributed by atoms with Crippen LogP contribution in [0.1, 0.15) is 38.8 Å². The highest BCUT2D eigenvalue weighted by atomic mass is 16.5. The SMILES string of the molecule is COc1cnn(CCN(C)C)c1C1(O)CCC(C)C(C)C1. The van der Waals surface area contributed by atoms with Crippen LogP contribution in [0.5, 0.6) is 5.75 Å². The minimum absolute atomic E-state index is 0.505. The molecular formula is C16H29N3O2. The second kappa shape index (κ2) is 6.36. The predicted molar refractivity (Wildman–Crippen MR) is 83.4 cm³/mol. The van der Waals surface area contributed by atoms with Crippen LogP contribution in [0.2, 0.25) is 0 Å². The van der Waals surface area contributed by atoms with Gasteiger partial charge in [-0.3, -0.25) is 4.68 Å². The Hall–Kier alpha value is -1.07. The number of aliphatic hydroxyl groups is 1. The molecule has 1 aromatic heterocycles. The molecule has 0 spiro atoms. The van der Waals surface area contributed by atoms with Crippen molar-refractivity contribution in [3.05, 3.63) is 11.9 Å². The minimum atomic E-state index is -0.819. The van der Waals surface area contributed by atoms with E-state index >= 15 is 0 Å². The average molecular weight is 295 g/mol. The molecule has 1 N–H and O–H groups in total. The van der Waals surface area contributed by atoms with Crippen molar-refractivity contribution in [1.82, 2.24) is 14.7 Å². The van der Waals surface area contributed by atoms with Crippen molar-refractivity contribution in [2.45, 2.75) is 45.3 Å². The Bertz CT molecular complexity index is 472. The maximum absolute atomic E-state index is 11.2. The highest BCUT2D eigenvalue weighted by Gasteiger charge is 2.41. The molecule has 1 aromatic rings. The van der Waals surface area contributed by atoms with Crippen LogP contribution in [-0.4, -0.2) is 47.5 Å². The molecule has 0 radical (unpaired) electrons. The van der Waals surface area contributed by atoms with E-state index in [0.717, 1.165) is 38.0 Å². The molecule has 3 unspecified atom stereocenters. The van der Waals surface area contributed by atoms with Crippen LogP contribution < -0.4 is 4.74 Å². The molecule has 2 rings (SSSR count). The number of methoxy groups -OCH3 is 1. The number of hydrogen-bond donors (Lipinski definition) is 1. The summed E-state index contributed by atoms with van der Waals surface area (Å²) in [6.07, 6.45) is 4.33. The molecule has 21 heavy (non-hydrogen) atoms. The van der Waals surface area contributed by atoms with Gasteiger partial charge in [-0.25, -0.2) is 0 Å². The van der Waals surface area contributed by atoms with E-state index in [9.17, 15) is 5.11 Å². The largest absolute Gasteiger partial charge is 0.493 e. The number of nitrogens with zero attached hydrogens (tertiary/aromatic N) is 3. The van der Waals surface area contributed by atoms with Gasteiger partial charge in [-0.1, -0.05) is 13.8 Å². The Labute approximate surface area is 127 Å². The zero-order valence-corrected chi connectivity index (χ0v) is 14.0. The predicted octanol–water partition coefficient (Wildman–Crippen LogP) is 2.10. The molecule has 1 aliphatic carbocycles. The lowest BCUT2D eigenvalue weighted by Crippen LogP contribution is -2.38. The van der Waals surface area contributed by atoms with Crippen molar-refractivity contribution in [3.63, 3.8) is 0 Å². The third kappa shape index (κ3) is 3.40. The summed E-state index contributed by atoms with van der Waals surface area (Å²) in [7, 11) is 5.73. The molecule has 1 saturated carbocycles. The first kappa shape index (κ1) is 16.3. The molecule has 120 valence electrons. The fourth-order valence-corrected chi connectivity index (χ4v) is 3.25. The van der Waals surface area contributed by atoms with Gasteiger partial charge in [0.05, 0.1) is 19.9 Å². The lowest BCUT2D eigenvalue weighted by atomic mass is 9.71. The first-order valence-electron chi connectivity index (χ1n) is 7.84. The Kier molecular flexibility index (Phi) is 4.94. The molecule has 5 nitrogen and oxygen atoms in total. The van der Waals surface area contributed by atoms with E-state index in [4.69, 9.17) is 4.74 Å². The number of ether oxygens (including phenoxy) is 1. The van der Waals surface area contributed by atoms with E-state index in [1.54, 1.807) is 13.3 Å². The van der Waals surface area contributed by atoms with Gasteiger partial charge in [0.15, 0.2) is 5.75 Å². The van der Waals surface area contributed by atoms with Crippen LogP contribution in [0, 0.1) is 11.8 Å². The third-order valence-corrected chi connectivity index (χ3v) is 4.87. The van der Waals surface area contributed by atoms with Crippen molar-refractivity contribution in [1.29, 1.82) is 0 Å². The van der Waals surface area contributed by atoms with Crippen LogP contribution in [0.3, 0.4) is 0 Å². The smallest absolute Gasteiger partial charge is 0.162 e. The van der Waals surface area contributed by atoms with Gasteiger partial charge in [0, 0.05) is 6.54 Å². The monoisotopic (exact) mass is 295 g/mol. The molecule has 0 aliphatic heterocycles. The lowest BCUT2D eigenvalue weighted by molar-refractivity contribution is -0.0421. The molecule has 3 atom stereocenters. The van der Waals surface area contributed by atoms with Crippen LogP contribution >= 0.6 is 0 Å². The molecule has 5 heteroatoms. The van der Waals surface area contributed by atoms with Crippen molar-refractivity contribution in [3.8, 4) is 5.75 Å². The van der Waals surface area contributed by atoms with Gasteiger partial charge in [0.1, 0.15) is 11.3 Å². The fourth-order valence-electron chi connectivity index (χ4n) is 3.25. The molecule has 1 aliphatic rings. The maximum Gasteiger partial charge on any atom is 0.162 e. The number of likely N-dealkylation sites (N-methyl/N-ethyl adjacent to an activating group) is 1. The van der Waals surface area contributed by atoms with Crippen molar-refractivity contribution in [2.24, 2.45) is 11.8 Å². The van der Waals surface area contributed by atoms with Gasteiger partial charge in [0.2, 0.25) is 0 Å². The maximum atomic E-state index is 11.2. The molecular weight excluding hydrogens is 266 g/mol. The Morgan fingerprint density at radius 3 is 2.71 bits per heavy atom. The van der Waals surface area contributed by atoms with E-state index in [0.29, 0.717) is 17.6 Å². The average Bonchev–Trinajstić information content (AvgIpc) is 2.85. The first-order chi connectivity index (χ1) is 9.87. The van der Waals surface area contributed by atoms with Gasteiger partial charge in [0.25, 0.3) is 0 Å². The van der Waals surface area contributed by atoms with E-state index < -0.39 is 5.60 Å². The zero-order chi connectivity index (χ0) is 15.6.